The summed E-state index contributed by atoms with van der Waals surface area (Å²) >= 11 is 0. The van der Waals surface area contributed by atoms with Crippen LogP contribution in [0.4, 0.5) is 0 Å². The molecule has 3 heteroatoms. The van der Waals surface area contributed by atoms with E-state index in [9.17, 15) is 0 Å². The number of nitrogens with one attached hydrogen (secondary N) is 1. The molecule has 0 fully saturated rings. The van der Waals surface area contributed by atoms with Crippen molar-refractivity contribution >= 4 is 10.9 Å². The number of hydrogen-bond donors (Lipinski definition) is 1. The fourth-order valence-corrected chi connectivity index (χ4v) is 1.68. The topological polar surface area (TPSA) is 48.8 Å². The van der Waals surface area contributed by atoms with E-state index in [2.05, 4.69) is 11.1 Å². The number of benzene rings is 1. The Bertz CT molecular complexity index is 508. The number of ether oxygens (including phenoxy) is 1. The van der Waals surface area contributed by atoms with Gasteiger partial charge in [0.2, 0.25) is 0 Å². The Kier molecular flexibility index (Phi) is 2.59. The van der Waals surface area contributed by atoms with E-state index in [1.54, 1.807) is 7.11 Å². The summed E-state index contributed by atoms with van der Waals surface area (Å²) < 4.78 is 5.17. The lowest BCUT2D eigenvalue weighted by Crippen LogP contribution is -1.84. The number of H-pyrrole nitrogens is 1. The van der Waals surface area contributed by atoms with Crippen LogP contribution in [0.3, 0.4) is 0 Å². The third-order valence-electron chi connectivity index (χ3n) is 2.48. The molecule has 15 heavy (non-hydrogen) atoms. The van der Waals surface area contributed by atoms with Crippen LogP contribution >= 0.6 is 0 Å². The fraction of sp³-hybridized carbons (Fsp3) is 0.250. The molecule has 2 aromatic rings. The minimum atomic E-state index is 0.546. The van der Waals surface area contributed by atoms with Crippen molar-refractivity contribution in [2.24, 2.45) is 0 Å². The van der Waals surface area contributed by atoms with Crippen molar-refractivity contribution in [3.05, 3.63) is 30.0 Å². The van der Waals surface area contributed by atoms with E-state index in [0.29, 0.717) is 6.42 Å². The quantitative estimate of drug-likeness (QED) is 0.827. The number of fused-ring (bicyclic) bond motifs is 1. The SMILES string of the molecule is COc1ccc2[nH]cc(CCC#N)c2c1. The second-order valence-electron chi connectivity index (χ2n) is 3.38. The van der Waals surface area contributed by atoms with Crippen molar-refractivity contribution in [3.63, 3.8) is 0 Å². The summed E-state index contributed by atoms with van der Waals surface area (Å²) in [5, 5.41) is 9.70. The summed E-state index contributed by atoms with van der Waals surface area (Å²) in [5.74, 6) is 0.848. The molecule has 0 spiro atoms. The summed E-state index contributed by atoms with van der Waals surface area (Å²) in [6, 6.07) is 8.07. The highest BCUT2D eigenvalue weighted by Gasteiger charge is 2.04. The number of methoxy groups -OCH3 is 1. The molecule has 0 unspecified atom stereocenters. The van der Waals surface area contributed by atoms with Crippen LogP contribution in [0.5, 0.6) is 5.75 Å². The second kappa shape index (κ2) is 4.05. The molecule has 1 aromatic heterocycles. The van der Waals surface area contributed by atoms with Gasteiger partial charge in [0, 0.05) is 23.5 Å². The molecular weight excluding hydrogens is 188 g/mol. The average Bonchev–Trinajstić information content (AvgIpc) is 2.68. The molecule has 1 heterocycles. The van der Waals surface area contributed by atoms with E-state index in [0.717, 1.165) is 23.1 Å². The van der Waals surface area contributed by atoms with Gasteiger partial charge in [-0.3, -0.25) is 0 Å². The molecular formula is C12H12N2O. The smallest absolute Gasteiger partial charge is 0.119 e. The van der Waals surface area contributed by atoms with Gasteiger partial charge in [0.1, 0.15) is 5.75 Å². The van der Waals surface area contributed by atoms with Crippen LogP contribution in [-0.2, 0) is 6.42 Å². The van der Waals surface area contributed by atoms with Crippen LogP contribution in [0.1, 0.15) is 12.0 Å². The first-order valence-corrected chi connectivity index (χ1v) is 4.86. The van der Waals surface area contributed by atoms with Gasteiger partial charge in [0.15, 0.2) is 0 Å². The highest BCUT2D eigenvalue weighted by atomic mass is 16.5. The first kappa shape index (κ1) is 9.60. The molecule has 0 amide bonds. The Morgan fingerprint density at radius 2 is 2.33 bits per heavy atom. The number of hydrogen-bond acceptors (Lipinski definition) is 2. The normalized spacial score (nSPS) is 10.1. The minimum Gasteiger partial charge on any atom is -0.497 e. The Morgan fingerprint density at radius 3 is 3.07 bits per heavy atom. The van der Waals surface area contributed by atoms with Gasteiger partial charge in [-0.2, -0.15) is 5.26 Å². The lowest BCUT2D eigenvalue weighted by atomic mass is 10.1. The van der Waals surface area contributed by atoms with Crippen LogP contribution in [0.2, 0.25) is 0 Å². The summed E-state index contributed by atoms with van der Waals surface area (Å²) in [6.07, 6.45) is 3.29. The maximum atomic E-state index is 8.55. The zero-order chi connectivity index (χ0) is 10.7. The van der Waals surface area contributed by atoms with Crippen molar-refractivity contribution < 1.29 is 4.74 Å². The van der Waals surface area contributed by atoms with Gasteiger partial charge in [-0.25, -0.2) is 0 Å². The van der Waals surface area contributed by atoms with Crippen molar-refractivity contribution in [3.8, 4) is 11.8 Å². The Labute approximate surface area is 88.3 Å². The molecule has 0 bridgehead atoms. The Hall–Kier alpha value is -1.95. The molecule has 0 aliphatic heterocycles. The third-order valence-corrected chi connectivity index (χ3v) is 2.48. The predicted molar refractivity (Wildman–Crippen MR) is 58.8 cm³/mol. The van der Waals surface area contributed by atoms with Gasteiger partial charge >= 0.3 is 0 Å². The van der Waals surface area contributed by atoms with E-state index in [-0.39, 0.29) is 0 Å². The number of rotatable bonds is 3. The molecule has 1 N–H and O–H groups in total. The molecule has 2 rings (SSSR count). The lowest BCUT2D eigenvalue weighted by molar-refractivity contribution is 0.415. The molecule has 76 valence electrons. The largest absolute Gasteiger partial charge is 0.497 e. The Morgan fingerprint density at radius 1 is 1.47 bits per heavy atom. The van der Waals surface area contributed by atoms with Gasteiger partial charge in [0.25, 0.3) is 0 Å². The number of nitrogens with zero attached hydrogens (tertiary/aromatic N) is 1. The predicted octanol–water partition coefficient (Wildman–Crippen LogP) is 2.63. The van der Waals surface area contributed by atoms with Crippen molar-refractivity contribution in [1.82, 2.24) is 4.98 Å². The van der Waals surface area contributed by atoms with Crippen LogP contribution in [-0.4, -0.2) is 12.1 Å². The minimum absolute atomic E-state index is 0.546. The van der Waals surface area contributed by atoms with Crippen molar-refractivity contribution in [1.29, 1.82) is 5.26 Å². The molecule has 3 nitrogen and oxygen atoms in total. The highest BCUT2D eigenvalue weighted by Crippen LogP contribution is 2.24. The summed E-state index contributed by atoms with van der Waals surface area (Å²) in [7, 11) is 1.66. The van der Waals surface area contributed by atoms with E-state index >= 15 is 0 Å². The van der Waals surface area contributed by atoms with Gasteiger partial charge < -0.3 is 9.72 Å². The average molecular weight is 200 g/mol. The number of aromatic amines is 1. The van der Waals surface area contributed by atoms with E-state index in [1.165, 1.54) is 5.56 Å². The number of nitriles is 1. The van der Waals surface area contributed by atoms with E-state index in [4.69, 9.17) is 10.00 Å². The van der Waals surface area contributed by atoms with Gasteiger partial charge in [0.05, 0.1) is 13.2 Å². The van der Waals surface area contributed by atoms with Crippen LogP contribution in [0, 0.1) is 11.3 Å². The van der Waals surface area contributed by atoms with Crippen molar-refractivity contribution in [2.75, 3.05) is 7.11 Å². The molecule has 0 atom stereocenters. The maximum Gasteiger partial charge on any atom is 0.119 e. The van der Waals surface area contributed by atoms with Crippen LogP contribution < -0.4 is 4.74 Å². The van der Waals surface area contributed by atoms with Gasteiger partial charge in [-0.05, 0) is 30.2 Å². The zero-order valence-corrected chi connectivity index (χ0v) is 8.58. The third kappa shape index (κ3) is 1.79. The molecule has 1 aromatic carbocycles. The monoisotopic (exact) mass is 200 g/mol. The number of aromatic nitrogens is 1. The summed E-state index contributed by atoms with van der Waals surface area (Å²) in [5.41, 5.74) is 2.26. The van der Waals surface area contributed by atoms with Crippen LogP contribution in [0.25, 0.3) is 10.9 Å². The summed E-state index contributed by atoms with van der Waals surface area (Å²) in [6.45, 7) is 0. The fourth-order valence-electron chi connectivity index (χ4n) is 1.68. The molecule has 0 radical (unpaired) electrons. The Balaban J connectivity index is 2.43. The van der Waals surface area contributed by atoms with Gasteiger partial charge in [-0.1, -0.05) is 0 Å². The molecule has 0 saturated carbocycles. The first-order chi connectivity index (χ1) is 7.35. The highest BCUT2D eigenvalue weighted by molar-refractivity contribution is 5.84. The maximum absolute atomic E-state index is 8.55. The second-order valence-corrected chi connectivity index (χ2v) is 3.38. The van der Waals surface area contributed by atoms with E-state index < -0.39 is 0 Å². The van der Waals surface area contributed by atoms with Gasteiger partial charge in [-0.15, -0.1) is 0 Å². The number of aryl methyl sites for hydroxylation is 1. The summed E-state index contributed by atoms with van der Waals surface area (Å²) in [4.78, 5) is 3.18. The van der Waals surface area contributed by atoms with E-state index in [1.807, 2.05) is 24.4 Å². The van der Waals surface area contributed by atoms with Crippen molar-refractivity contribution in [2.45, 2.75) is 12.8 Å². The lowest BCUT2D eigenvalue weighted by Gasteiger charge is -2.00. The molecule has 0 aliphatic rings. The molecule has 0 saturated heterocycles. The first-order valence-electron chi connectivity index (χ1n) is 4.86. The molecule has 0 aliphatic carbocycles. The van der Waals surface area contributed by atoms with Crippen LogP contribution in [0.15, 0.2) is 24.4 Å². The zero-order valence-electron chi connectivity index (χ0n) is 8.58. The standard InChI is InChI=1S/C12H12N2O/c1-15-10-4-5-12-11(7-10)9(8-14-12)3-2-6-13/h4-5,7-8,14H,2-3H2,1H3.